The van der Waals surface area contributed by atoms with Crippen LogP contribution in [-0.4, -0.2) is 37.2 Å². The van der Waals surface area contributed by atoms with E-state index < -0.39 is 6.10 Å². The van der Waals surface area contributed by atoms with Gasteiger partial charge < -0.3 is 14.2 Å². The summed E-state index contributed by atoms with van der Waals surface area (Å²) < 4.78 is 17.0. The fourth-order valence-electron chi connectivity index (χ4n) is 9.80. The lowest BCUT2D eigenvalue weighted by Crippen LogP contribution is -2.30. The highest BCUT2D eigenvalue weighted by atomic mass is 16.6. The maximum Gasteiger partial charge on any atom is 0.306 e. The van der Waals surface area contributed by atoms with E-state index in [0.717, 1.165) is 70.6 Å². The van der Waals surface area contributed by atoms with E-state index in [1.165, 1.54) is 244 Å². The molecule has 0 N–H and O–H groups in total. The first-order valence-corrected chi connectivity index (χ1v) is 33.1. The molecule has 0 aliphatic carbocycles. The number of hydrogen-bond acceptors (Lipinski definition) is 6. The number of esters is 3. The predicted octanol–water partition coefficient (Wildman–Crippen LogP) is 22.6. The van der Waals surface area contributed by atoms with Crippen LogP contribution < -0.4 is 0 Å². The molecule has 75 heavy (non-hydrogen) atoms. The van der Waals surface area contributed by atoms with Gasteiger partial charge in [0.15, 0.2) is 6.10 Å². The van der Waals surface area contributed by atoms with E-state index in [9.17, 15) is 14.4 Å². The van der Waals surface area contributed by atoms with Crippen molar-refractivity contribution in [3.05, 3.63) is 48.6 Å². The summed E-state index contributed by atoms with van der Waals surface area (Å²) in [7, 11) is 0. The second kappa shape index (κ2) is 63.9. The zero-order chi connectivity index (χ0) is 54.3. The third-order valence-corrected chi connectivity index (χ3v) is 14.8. The first-order chi connectivity index (χ1) is 37.0. The SMILES string of the molecule is CCCCC/C=C\C/C=C\CCCCCCCCCCCC(=O)OCC(COC(=O)CCCCCCCCCCCCCCCCCCCCC)OC(=O)CCCCCCCCCCC/C=C\C/C=C\CCCCC. The van der Waals surface area contributed by atoms with Crippen molar-refractivity contribution in [2.24, 2.45) is 0 Å². The van der Waals surface area contributed by atoms with E-state index in [1.807, 2.05) is 0 Å². The van der Waals surface area contributed by atoms with Gasteiger partial charge in [-0.15, -0.1) is 0 Å². The Kier molecular flexibility index (Phi) is 61.7. The fourth-order valence-corrected chi connectivity index (χ4v) is 9.80. The maximum absolute atomic E-state index is 12.9. The molecule has 0 fully saturated rings. The average Bonchev–Trinajstić information content (AvgIpc) is 3.41. The molecule has 6 heteroatoms. The molecule has 1 atom stereocenters. The van der Waals surface area contributed by atoms with Gasteiger partial charge in [-0.05, 0) is 83.5 Å². The monoisotopic (exact) mass is 1050 g/mol. The van der Waals surface area contributed by atoms with Crippen LogP contribution in [0.3, 0.4) is 0 Å². The highest BCUT2D eigenvalue weighted by Gasteiger charge is 2.19. The van der Waals surface area contributed by atoms with Gasteiger partial charge in [0.05, 0.1) is 0 Å². The minimum absolute atomic E-state index is 0.0721. The summed E-state index contributed by atoms with van der Waals surface area (Å²) in [4.78, 5) is 38.4. The van der Waals surface area contributed by atoms with E-state index in [0.29, 0.717) is 19.3 Å². The molecular formula is C69H126O6. The van der Waals surface area contributed by atoms with Gasteiger partial charge in [0, 0.05) is 19.3 Å². The third-order valence-electron chi connectivity index (χ3n) is 14.8. The predicted molar refractivity (Wildman–Crippen MR) is 325 cm³/mol. The first kappa shape index (κ1) is 72.4. The Morgan fingerprint density at radius 1 is 0.267 bits per heavy atom. The van der Waals surface area contributed by atoms with Crippen molar-refractivity contribution in [3.63, 3.8) is 0 Å². The zero-order valence-corrected chi connectivity index (χ0v) is 50.3. The molecular weight excluding hydrogens is 925 g/mol. The molecule has 0 radical (unpaired) electrons. The molecule has 0 heterocycles. The molecule has 0 saturated carbocycles. The van der Waals surface area contributed by atoms with Crippen molar-refractivity contribution in [2.75, 3.05) is 13.2 Å². The van der Waals surface area contributed by atoms with E-state index in [2.05, 4.69) is 69.4 Å². The molecule has 0 bridgehead atoms. The number of carbonyl (C=O) groups excluding carboxylic acids is 3. The van der Waals surface area contributed by atoms with Crippen molar-refractivity contribution in [1.29, 1.82) is 0 Å². The Labute approximate surface area is 467 Å². The van der Waals surface area contributed by atoms with Crippen LogP contribution in [0, 0.1) is 0 Å². The van der Waals surface area contributed by atoms with Crippen LogP contribution in [0.5, 0.6) is 0 Å². The number of rotatable bonds is 61. The molecule has 0 spiro atoms. The third kappa shape index (κ3) is 62.1. The van der Waals surface area contributed by atoms with Gasteiger partial charge in [0.1, 0.15) is 13.2 Å². The molecule has 0 aliphatic rings. The van der Waals surface area contributed by atoms with Gasteiger partial charge in [-0.2, -0.15) is 0 Å². The summed E-state index contributed by atoms with van der Waals surface area (Å²) in [6, 6.07) is 0. The number of allylic oxidation sites excluding steroid dienone is 8. The standard InChI is InChI=1S/C69H126O6/c1-4-7-10-13-16-19-22-25-28-31-34-37-40-43-46-49-52-55-58-61-67(70)73-64-66(75-69(72)63-60-57-54-51-48-45-42-39-36-33-30-27-24-21-18-15-12-9-6-3)65-74-68(71)62-59-56-53-50-47-44-41-38-35-32-29-26-23-20-17-14-11-8-5-2/h16,18-19,21,25,27-28,30,66H,4-15,17,20,22-24,26,29,31-65H2,1-3H3/b19-16-,21-18-,28-25-,30-27-. The molecule has 0 rings (SSSR count). The number of carbonyl (C=O) groups is 3. The van der Waals surface area contributed by atoms with Crippen LogP contribution in [0.4, 0.5) is 0 Å². The molecule has 6 nitrogen and oxygen atoms in total. The van der Waals surface area contributed by atoms with E-state index >= 15 is 0 Å². The van der Waals surface area contributed by atoms with Crippen LogP contribution in [0.2, 0.25) is 0 Å². The lowest BCUT2D eigenvalue weighted by atomic mass is 10.0. The number of hydrogen-bond donors (Lipinski definition) is 0. The lowest BCUT2D eigenvalue weighted by molar-refractivity contribution is -0.167. The molecule has 1 unspecified atom stereocenters. The van der Waals surface area contributed by atoms with Crippen molar-refractivity contribution in [2.45, 2.75) is 361 Å². The van der Waals surface area contributed by atoms with Gasteiger partial charge in [-0.1, -0.05) is 301 Å². The largest absolute Gasteiger partial charge is 0.462 e. The van der Waals surface area contributed by atoms with Crippen LogP contribution in [-0.2, 0) is 28.6 Å². The molecule has 0 aromatic carbocycles. The van der Waals surface area contributed by atoms with Gasteiger partial charge in [-0.3, -0.25) is 14.4 Å². The molecule has 0 amide bonds. The molecule has 0 aromatic rings. The Bertz CT molecular complexity index is 1300. The van der Waals surface area contributed by atoms with Crippen molar-refractivity contribution in [1.82, 2.24) is 0 Å². The van der Waals surface area contributed by atoms with E-state index in [4.69, 9.17) is 14.2 Å². The summed E-state index contributed by atoms with van der Waals surface area (Å²) in [5.41, 5.74) is 0. The summed E-state index contributed by atoms with van der Waals surface area (Å²) in [5, 5.41) is 0. The van der Waals surface area contributed by atoms with Crippen LogP contribution >= 0.6 is 0 Å². The minimum Gasteiger partial charge on any atom is -0.462 e. The van der Waals surface area contributed by atoms with Crippen molar-refractivity contribution < 1.29 is 28.6 Å². The molecule has 0 saturated heterocycles. The van der Waals surface area contributed by atoms with Crippen LogP contribution in [0.15, 0.2) is 48.6 Å². The number of ether oxygens (including phenoxy) is 3. The van der Waals surface area contributed by atoms with E-state index in [-0.39, 0.29) is 31.1 Å². The highest BCUT2D eigenvalue weighted by Crippen LogP contribution is 2.18. The summed E-state index contributed by atoms with van der Waals surface area (Å²) in [5.74, 6) is -0.857. The highest BCUT2D eigenvalue weighted by molar-refractivity contribution is 5.71. The summed E-state index contributed by atoms with van der Waals surface area (Å²) in [6.45, 7) is 6.65. The molecule has 0 aliphatic heterocycles. The smallest absolute Gasteiger partial charge is 0.306 e. The average molecular weight is 1050 g/mol. The van der Waals surface area contributed by atoms with Crippen molar-refractivity contribution >= 4 is 17.9 Å². The van der Waals surface area contributed by atoms with Gasteiger partial charge in [-0.25, -0.2) is 0 Å². The van der Waals surface area contributed by atoms with Crippen LogP contribution in [0.1, 0.15) is 355 Å². The molecule has 0 aromatic heterocycles. The van der Waals surface area contributed by atoms with Gasteiger partial charge in [0.2, 0.25) is 0 Å². The normalized spacial score (nSPS) is 12.3. The minimum atomic E-state index is -0.776. The van der Waals surface area contributed by atoms with Crippen LogP contribution in [0.25, 0.3) is 0 Å². The Morgan fingerprint density at radius 2 is 0.480 bits per heavy atom. The lowest BCUT2D eigenvalue weighted by Gasteiger charge is -2.18. The molecule has 438 valence electrons. The topological polar surface area (TPSA) is 78.9 Å². The Morgan fingerprint density at radius 3 is 0.760 bits per heavy atom. The Hall–Kier alpha value is -2.63. The van der Waals surface area contributed by atoms with Gasteiger partial charge in [0.25, 0.3) is 0 Å². The van der Waals surface area contributed by atoms with E-state index in [1.54, 1.807) is 0 Å². The summed E-state index contributed by atoms with van der Waals surface area (Å²) >= 11 is 0. The van der Waals surface area contributed by atoms with Crippen molar-refractivity contribution in [3.8, 4) is 0 Å². The first-order valence-electron chi connectivity index (χ1n) is 33.1. The Balaban J connectivity index is 4.35. The second-order valence-electron chi connectivity index (χ2n) is 22.4. The number of unbranched alkanes of at least 4 members (excludes halogenated alkanes) is 42. The zero-order valence-electron chi connectivity index (χ0n) is 50.3. The summed E-state index contributed by atoms with van der Waals surface area (Å²) in [6.07, 6.45) is 79.7. The quantitative estimate of drug-likeness (QED) is 0.0261. The maximum atomic E-state index is 12.9. The fraction of sp³-hybridized carbons (Fsp3) is 0.841. The van der Waals surface area contributed by atoms with Gasteiger partial charge >= 0.3 is 17.9 Å². The second-order valence-corrected chi connectivity index (χ2v) is 22.4.